The molecule has 0 saturated heterocycles. The summed E-state index contributed by atoms with van der Waals surface area (Å²) in [6, 6.07) is 14.6. The van der Waals surface area contributed by atoms with Crippen molar-refractivity contribution in [2.75, 3.05) is 14.2 Å². The molecule has 27 heavy (non-hydrogen) atoms. The van der Waals surface area contributed by atoms with Crippen LogP contribution in [0, 0.1) is 0 Å². The third-order valence-electron chi connectivity index (χ3n) is 3.83. The Morgan fingerprint density at radius 1 is 1.04 bits per heavy atom. The average Bonchev–Trinajstić information content (AvgIpc) is 2.70. The number of amides is 1. The van der Waals surface area contributed by atoms with Crippen LogP contribution in [0.25, 0.3) is 6.08 Å². The number of ether oxygens (including phenoxy) is 3. The van der Waals surface area contributed by atoms with E-state index >= 15 is 0 Å². The Morgan fingerprint density at radius 2 is 1.74 bits per heavy atom. The predicted molar refractivity (Wildman–Crippen MR) is 102 cm³/mol. The smallest absolute Gasteiger partial charge is 0.331 e. The van der Waals surface area contributed by atoms with Gasteiger partial charge >= 0.3 is 5.97 Å². The Kier molecular flexibility index (Phi) is 7.43. The number of para-hydroxylation sites is 1. The number of carbonyl (C=O) groups is 2. The van der Waals surface area contributed by atoms with Crippen LogP contribution in [0.4, 0.5) is 0 Å². The summed E-state index contributed by atoms with van der Waals surface area (Å²) in [5.74, 6) is 0.416. The minimum atomic E-state index is -0.905. The van der Waals surface area contributed by atoms with E-state index < -0.39 is 12.1 Å². The van der Waals surface area contributed by atoms with E-state index in [0.717, 1.165) is 16.9 Å². The molecule has 1 amide bonds. The number of nitrogens with one attached hydrogen (secondary N) is 1. The second kappa shape index (κ2) is 10.0. The maximum atomic E-state index is 12.1. The lowest BCUT2D eigenvalue weighted by Gasteiger charge is -2.12. The predicted octanol–water partition coefficient (Wildman–Crippen LogP) is 2.97. The number of methoxy groups -OCH3 is 2. The number of hydrogen-bond acceptors (Lipinski definition) is 5. The molecule has 0 aliphatic heterocycles. The molecule has 0 aliphatic carbocycles. The molecule has 0 radical (unpaired) electrons. The number of benzene rings is 2. The topological polar surface area (TPSA) is 73.9 Å². The molecule has 6 nitrogen and oxygen atoms in total. The first-order valence-corrected chi connectivity index (χ1v) is 8.46. The van der Waals surface area contributed by atoms with E-state index in [0.29, 0.717) is 12.3 Å². The summed E-state index contributed by atoms with van der Waals surface area (Å²) in [5.41, 5.74) is 1.66. The van der Waals surface area contributed by atoms with Gasteiger partial charge in [-0.25, -0.2) is 4.79 Å². The summed E-state index contributed by atoms with van der Waals surface area (Å²) < 4.78 is 15.4. The lowest BCUT2D eigenvalue weighted by Crippen LogP contribution is -2.35. The summed E-state index contributed by atoms with van der Waals surface area (Å²) in [7, 11) is 3.15. The second-order valence-corrected chi connectivity index (χ2v) is 5.72. The van der Waals surface area contributed by atoms with Gasteiger partial charge in [0.1, 0.15) is 11.5 Å². The summed E-state index contributed by atoms with van der Waals surface area (Å²) in [5, 5.41) is 2.73. The normalized spacial score (nSPS) is 11.7. The largest absolute Gasteiger partial charge is 0.497 e. The van der Waals surface area contributed by atoms with Gasteiger partial charge in [0.25, 0.3) is 5.91 Å². The maximum Gasteiger partial charge on any atom is 0.331 e. The van der Waals surface area contributed by atoms with E-state index in [9.17, 15) is 9.59 Å². The quantitative estimate of drug-likeness (QED) is 0.572. The standard InChI is InChI=1S/C21H23NO5/c1-15(21(24)22-14-16-8-11-18(25-2)12-9-16)27-20(23)13-10-17-6-4-5-7-19(17)26-3/h4-13,15H,14H2,1-3H3,(H,22,24)/b13-10+/t15-/m0/s1. The molecule has 0 unspecified atom stereocenters. The van der Waals surface area contributed by atoms with Gasteiger partial charge in [-0.15, -0.1) is 0 Å². The Balaban J connectivity index is 1.83. The number of carbonyl (C=O) groups excluding carboxylic acids is 2. The van der Waals surface area contributed by atoms with Crippen LogP contribution >= 0.6 is 0 Å². The van der Waals surface area contributed by atoms with Gasteiger partial charge in [-0.3, -0.25) is 4.79 Å². The van der Waals surface area contributed by atoms with Crippen molar-refractivity contribution in [2.45, 2.75) is 19.6 Å². The molecule has 6 heteroatoms. The molecule has 0 aliphatic rings. The molecular weight excluding hydrogens is 346 g/mol. The van der Waals surface area contributed by atoms with E-state index in [4.69, 9.17) is 14.2 Å². The van der Waals surface area contributed by atoms with Crippen molar-refractivity contribution < 1.29 is 23.8 Å². The molecule has 2 aromatic rings. The lowest BCUT2D eigenvalue weighted by molar-refractivity contribution is -0.150. The number of rotatable bonds is 8. The SMILES string of the molecule is COc1ccc(CNC(=O)[C@H](C)OC(=O)/C=C/c2ccccc2OC)cc1. The molecule has 2 rings (SSSR count). The van der Waals surface area contributed by atoms with Crippen LogP contribution in [-0.4, -0.2) is 32.2 Å². The highest BCUT2D eigenvalue weighted by Gasteiger charge is 2.16. The molecule has 0 fully saturated rings. The molecule has 0 heterocycles. The zero-order chi connectivity index (χ0) is 19.6. The molecule has 0 saturated carbocycles. The van der Waals surface area contributed by atoms with Crippen molar-refractivity contribution in [3.8, 4) is 11.5 Å². The van der Waals surface area contributed by atoms with E-state index in [1.165, 1.54) is 13.0 Å². The Bertz CT molecular complexity index is 798. The number of esters is 1. The van der Waals surface area contributed by atoms with Gasteiger partial charge < -0.3 is 19.5 Å². The Labute approximate surface area is 158 Å². The molecule has 2 aromatic carbocycles. The Morgan fingerprint density at radius 3 is 2.41 bits per heavy atom. The van der Waals surface area contributed by atoms with Crippen LogP contribution in [0.5, 0.6) is 11.5 Å². The monoisotopic (exact) mass is 369 g/mol. The van der Waals surface area contributed by atoms with Gasteiger partial charge in [0.2, 0.25) is 0 Å². The van der Waals surface area contributed by atoms with Crippen molar-refractivity contribution in [1.29, 1.82) is 0 Å². The zero-order valence-corrected chi connectivity index (χ0v) is 15.6. The van der Waals surface area contributed by atoms with Crippen molar-refractivity contribution >= 4 is 18.0 Å². The maximum absolute atomic E-state index is 12.1. The number of hydrogen-bond donors (Lipinski definition) is 1. The van der Waals surface area contributed by atoms with Crippen LogP contribution in [-0.2, 0) is 20.9 Å². The van der Waals surface area contributed by atoms with Crippen molar-refractivity contribution in [3.05, 3.63) is 65.7 Å². The van der Waals surface area contributed by atoms with Gasteiger partial charge in [-0.1, -0.05) is 30.3 Å². The highest BCUT2D eigenvalue weighted by molar-refractivity contribution is 5.90. The molecule has 142 valence electrons. The fourth-order valence-corrected chi connectivity index (χ4v) is 2.31. The minimum Gasteiger partial charge on any atom is -0.497 e. The van der Waals surface area contributed by atoms with Crippen molar-refractivity contribution in [3.63, 3.8) is 0 Å². The summed E-state index contributed by atoms with van der Waals surface area (Å²) in [4.78, 5) is 24.0. The third kappa shape index (κ3) is 6.18. The van der Waals surface area contributed by atoms with Gasteiger partial charge in [-0.05, 0) is 36.8 Å². The first-order valence-electron chi connectivity index (χ1n) is 8.46. The third-order valence-corrected chi connectivity index (χ3v) is 3.83. The molecule has 0 bridgehead atoms. The summed E-state index contributed by atoms with van der Waals surface area (Å²) in [6.45, 7) is 1.86. The molecule has 1 atom stereocenters. The van der Waals surface area contributed by atoms with E-state index in [2.05, 4.69) is 5.32 Å². The highest BCUT2D eigenvalue weighted by atomic mass is 16.5. The van der Waals surface area contributed by atoms with Crippen LogP contribution < -0.4 is 14.8 Å². The van der Waals surface area contributed by atoms with Gasteiger partial charge in [0.05, 0.1) is 14.2 Å². The first-order chi connectivity index (χ1) is 13.0. The summed E-state index contributed by atoms with van der Waals surface area (Å²) in [6.07, 6.45) is 1.95. The van der Waals surface area contributed by atoms with Gasteiger partial charge in [0.15, 0.2) is 6.10 Å². The minimum absolute atomic E-state index is 0.335. The Hall–Kier alpha value is -3.28. The fourth-order valence-electron chi connectivity index (χ4n) is 2.31. The van der Waals surface area contributed by atoms with Gasteiger partial charge in [-0.2, -0.15) is 0 Å². The summed E-state index contributed by atoms with van der Waals surface area (Å²) >= 11 is 0. The second-order valence-electron chi connectivity index (χ2n) is 5.72. The first kappa shape index (κ1) is 20.0. The van der Waals surface area contributed by atoms with E-state index in [1.54, 1.807) is 26.4 Å². The highest BCUT2D eigenvalue weighted by Crippen LogP contribution is 2.18. The zero-order valence-electron chi connectivity index (χ0n) is 15.6. The van der Waals surface area contributed by atoms with Crippen LogP contribution in [0.1, 0.15) is 18.1 Å². The fraction of sp³-hybridized carbons (Fsp3) is 0.238. The van der Waals surface area contributed by atoms with Crippen LogP contribution in [0.15, 0.2) is 54.6 Å². The van der Waals surface area contributed by atoms with E-state index in [-0.39, 0.29) is 5.91 Å². The molecular formula is C21H23NO5. The van der Waals surface area contributed by atoms with Crippen LogP contribution in [0.3, 0.4) is 0 Å². The van der Waals surface area contributed by atoms with E-state index in [1.807, 2.05) is 42.5 Å². The molecule has 1 N–H and O–H groups in total. The molecule has 0 aromatic heterocycles. The van der Waals surface area contributed by atoms with Gasteiger partial charge in [0, 0.05) is 18.2 Å². The van der Waals surface area contributed by atoms with Crippen molar-refractivity contribution in [2.24, 2.45) is 0 Å². The molecule has 0 spiro atoms. The lowest BCUT2D eigenvalue weighted by atomic mass is 10.2. The average molecular weight is 369 g/mol. The van der Waals surface area contributed by atoms with Crippen molar-refractivity contribution in [1.82, 2.24) is 5.32 Å². The van der Waals surface area contributed by atoms with Crippen LogP contribution in [0.2, 0.25) is 0 Å².